The van der Waals surface area contributed by atoms with Crippen molar-refractivity contribution in [3.63, 3.8) is 0 Å². The van der Waals surface area contributed by atoms with Gasteiger partial charge in [0.05, 0.1) is 27.7 Å². The van der Waals surface area contributed by atoms with E-state index >= 15 is 0 Å². The Labute approximate surface area is 166 Å². The summed E-state index contributed by atoms with van der Waals surface area (Å²) in [7, 11) is 0. The summed E-state index contributed by atoms with van der Waals surface area (Å²) in [6, 6.07) is 2.72. The molecule has 0 aromatic carbocycles. The van der Waals surface area contributed by atoms with Gasteiger partial charge in [0.2, 0.25) is 6.23 Å². The lowest BCUT2D eigenvalue weighted by molar-refractivity contribution is 0.0328. The minimum atomic E-state index is -0.855. The van der Waals surface area contributed by atoms with Crippen molar-refractivity contribution in [2.24, 2.45) is 0 Å². The number of urea groups is 1. The molecule has 3 heterocycles. The maximum absolute atomic E-state index is 12.6. The first-order valence-electron chi connectivity index (χ1n) is 6.95. The van der Waals surface area contributed by atoms with Crippen molar-refractivity contribution >= 4 is 62.7 Å². The van der Waals surface area contributed by atoms with Gasteiger partial charge in [0.15, 0.2) is 5.13 Å². The molecule has 1 atom stereocenters. The van der Waals surface area contributed by atoms with Gasteiger partial charge in [-0.2, -0.15) is 0 Å². The minimum Gasteiger partial charge on any atom is -0.435 e. The van der Waals surface area contributed by atoms with E-state index < -0.39 is 12.2 Å². The number of amides is 2. The number of ether oxygens (including phenoxy) is 1. The molecule has 0 bridgehead atoms. The summed E-state index contributed by atoms with van der Waals surface area (Å²) >= 11 is 9.34. The van der Waals surface area contributed by atoms with E-state index in [-0.39, 0.29) is 29.8 Å². The molecule has 2 aromatic heterocycles. The molecule has 1 fully saturated rings. The highest BCUT2D eigenvalue weighted by molar-refractivity contribution is 14.1. The third-order valence-electron chi connectivity index (χ3n) is 3.32. The largest absolute Gasteiger partial charge is 0.435 e. The predicted molar refractivity (Wildman–Crippen MR) is 102 cm³/mol. The van der Waals surface area contributed by atoms with Crippen LogP contribution in [0.4, 0.5) is 9.93 Å². The van der Waals surface area contributed by atoms with E-state index in [1.54, 1.807) is 12.3 Å². The molecule has 10 heteroatoms. The number of carbonyl (C=O) groups is 2. The number of hydrogen-bond donors (Lipinski definition) is 0. The maximum atomic E-state index is 12.6. The lowest BCUT2D eigenvalue weighted by Crippen LogP contribution is -2.37. The van der Waals surface area contributed by atoms with Gasteiger partial charge in [0.25, 0.3) is 0 Å². The zero-order valence-corrected chi connectivity index (χ0v) is 16.3. The zero-order valence-electron chi connectivity index (χ0n) is 12.6. The lowest BCUT2D eigenvalue weighted by atomic mass is 10.3. The van der Waals surface area contributed by atoms with Crippen LogP contribution in [0.25, 0.3) is 0 Å². The van der Waals surface area contributed by atoms with E-state index in [0.717, 1.165) is 2.88 Å². The maximum Gasteiger partial charge on any atom is 0.343 e. The standard InChI is InChI=1S/C15H10ClIN4O3S/c1-2-6-20-8-11(21(15(20)23)14-19-7-10(17)25-14)24-13(22)9-4-3-5-18-12(9)16/h1,3-5,7,11H,6,8H2. The fourth-order valence-corrected chi connectivity index (χ4v) is 3.85. The van der Waals surface area contributed by atoms with Crippen molar-refractivity contribution in [2.45, 2.75) is 6.23 Å². The number of nitrogens with zero attached hydrogens (tertiary/aromatic N) is 4. The van der Waals surface area contributed by atoms with Gasteiger partial charge in [-0.05, 0) is 34.7 Å². The second-order valence-electron chi connectivity index (χ2n) is 4.89. The van der Waals surface area contributed by atoms with Gasteiger partial charge in [-0.3, -0.25) is 0 Å². The number of terminal acetylenes is 1. The molecule has 1 aliphatic rings. The van der Waals surface area contributed by atoms with Crippen LogP contribution in [-0.2, 0) is 4.74 Å². The molecule has 0 aliphatic carbocycles. The van der Waals surface area contributed by atoms with E-state index in [1.165, 1.54) is 33.4 Å². The van der Waals surface area contributed by atoms with Crippen molar-refractivity contribution in [1.29, 1.82) is 0 Å². The fraction of sp³-hybridized carbons (Fsp3) is 0.200. The molecule has 1 saturated heterocycles. The van der Waals surface area contributed by atoms with E-state index in [9.17, 15) is 9.59 Å². The summed E-state index contributed by atoms with van der Waals surface area (Å²) in [6.07, 6.45) is 7.55. The molecule has 0 saturated carbocycles. The second kappa shape index (κ2) is 7.55. The van der Waals surface area contributed by atoms with Crippen LogP contribution in [0.1, 0.15) is 10.4 Å². The van der Waals surface area contributed by atoms with Crippen LogP contribution in [-0.4, -0.2) is 46.2 Å². The zero-order chi connectivity index (χ0) is 18.0. The number of pyridine rings is 1. The monoisotopic (exact) mass is 488 g/mol. The van der Waals surface area contributed by atoms with Crippen LogP contribution < -0.4 is 4.90 Å². The number of halogens is 2. The molecular weight excluding hydrogens is 479 g/mol. The minimum absolute atomic E-state index is 0.0349. The van der Waals surface area contributed by atoms with Gasteiger partial charge in [-0.25, -0.2) is 24.5 Å². The summed E-state index contributed by atoms with van der Waals surface area (Å²) < 4.78 is 6.40. The van der Waals surface area contributed by atoms with Gasteiger partial charge < -0.3 is 9.64 Å². The Hall–Kier alpha value is -1.90. The van der Waals surface area contributed by atoms with E-state index in [0.29, 0.717) is 5.13 Å². The van der Waals surface area contributed by atoms with Crippen LogP contribution in [0.2, 0.25) is 5.15 Å². The molecule has 0 spiro atoms. The van der Waals surface area contributed by atoms with Crippen LogP contribution in [0.3, 0.4) is 0 Å². The third-order valence-corrected chi connectivity index (χ3v) is 5.34. The third kappa shape index (κ3) is 3.70. The molecule has 1 unspecified atom stereocenters. The number of hydrogen-bond acceptors (Lipinski definition) is 6. The Balaban J connectivity index is 1.87. The van der Waals surface area contributed by atoms with Gasteiger partial charge >= 0.3 is 12.0 Å². The first kappa shape index (κ1) is 17.9. The number of thiazole rings is 1. The average molecular weight is 489 g/mol. The highest BCUT2D eigenvalue weighted by atomic mass is 127. The van der Waals surface area contributed by atoms with Crippen molar-refractivity contribution in [3.05, 3.63) is 38.1 Å². The summed E-state index contributed by atoms with van der Waals surface area (Å²) in [5.41, 5.74) is 0.126. The summed E-state index contributed by atoms with van der Waals surface area (Å²) in [4.78, 5) is 35.8. The number of anilines is 1. The van der Waals surface area contributed by atoms with Gasteiger partial charge in [0, 0.05) is 6.20 Å². The molecular formula is C15H10ClIN4O3S. The van der Waals surface area contributed by atoms with Crippen molar-refractivity contribution < 1.29 is 14.3 Å². The van der Waals surface area contributed by atoms with E-state index in [1.807, 2.05) is 0 Å². The Morgan fingerprint density at radius 1 is 1.56 bits per heavy atom. The summed E-state index contributed by atoms with van der Waals surface area (Å²) in [5, 5.41) is 0.469. The topological polar surface area (TPSA) is 75.6 Å². The van der Waals surface area contributed by atoms with Crippen LogP contribution >= 0.6 is 45.5 Å². The highest BCUT2D eigenvalue weighted by Crippen LogP contribution is 2.30. The normalized spacial score (nSPS) is 16.8. The molecule has 0 radical (unpaired) electrons. The summed E-state index contributed by atoms with van der Waals surface area (Å²) in [6.45, 7) is 0.252. The molecule has 1 aliphatic heterocycles. The molecule has 25 heavy (non-hydrogen) atoms. The molecule has 3 rings (SSSR count). The van der Waals surface area contributed by atoms with Gasteiger partial charge in [0.1, 0.15) is 5.15 Å². The number of aromatic nitrogens is 2. The Kier molecular flexibility index (Phi) is 5.41. The fourth-order valence-electron chi connectivity index (χ4n) is 2.24. The van der Waals surface area contributed by atoms with E-state index in [2.05, 4.69) is 38.5 Å². The second-order valence-corrected chi connectivity index (χ2v) is 8.15. The molecule has 0 N–H and O–H groups in total. The van der Waals surface area contributed by atoms with Gasteiger partial charge in [-0.1, -0.05) is 28.9 Å². The lowest BCUT2D eigenvalue weighted by Gasteiger charge is -2.20. The van der Waals surface area contributed by atoms with Crippen molar-refractivity contribution in [1.82, 2.24) is 14.9 Å². The highest BCUT2D eigenvalue weighted by Gasteiger charge is 2.42. The summed E-state index contributed by atoms with van der Waals surface area (Å²) in [5.74, 6) is 1.75. The van der Waals surface area contributed by atoms with Crippen LogP contribution in [0.15, 0.2) is 24.5 Å². The Bertz CT molecular complexity index is 868. The number of esters is 1. The predicted octanol–water partition coefficient (Wildman–Crippen LogP) is 2.85. The first-order valence-corrected chi connectivity index (χ1v) is 9.23. The number of rotatable bonds is 4. The SMILES string of the molecule is C#CCN1CC(OC(=O)c2cccnc2Cl)N(c2ncc(I)s2)C1=O. The average Bonchev–Trinajstić information content (AvgIpc) is 3.12. The molecule has 128 valence electrons. The smallest absolute Gasteiger partial charge is 0.343 e. The Morgan fingerprint density at radius 2 is 2.36 bits per heavy atom. The van der Waals surface area contributed by atoms with Crippen molar-refractivity contribution in [3.8, 4) is 12.3 Å². The molecule has 7 nitrogen and oxygen atoms in total. The van der Waals surface area contributed by atoms with Crippen LogP contribution in [0, 0.1) is 15.2 Å². The number of carbonyl (C=O) groups excluding carboxylic acids is 2. The van der Waals surface area contributed by atoms with Crippen LogP contribution in [0.5, 0.6) is 0 Å². The molecule has 2 amide bonds. The van der Waals surface area contributed by atoms with E-state index in [4.69, 9.17) is 22.8 Å². The Morgan fingerprint density at radius 3 is 3.00 bits per heavy atom. The quantitative estimate of drug-likeness (QED) is 0.286. The molecule has 2 aromatic rings. The van der Waals surface area contributed by atoms with Gasteiger partial charge in [-0.15, -0.1) is 6.42 Å². The first-order chi connectivity index (χ1) is 12.0. The van der Waals surface area contributed by atoms with Crippen molar-refractivity contribution in [2.75, 3.05) is 18.0 Å².